The van der Waals surface area contributed by atoms with Crippen molar-refractivity contribution in [3.63, 3.8) is 0 Å². The first-order valence-corrected chi connectivity index (χ1v) is 7.64. The van der Waals surface area contributed by atoms with Gasteiger partial charge in [0.2, 0.25) is 0 Å². The number of unbranched alkanes of at least 4 members (excludes halogenated alkanes) is 8. The van der Waals surface area contributed by atoms with E-state index in [2.05, 4.69) is 13.8 Å². The summed E-state index contributed by atoms with van der Waals surface area (Å²) in [5, 5.41) is 0. The number of rotatable bonds is 12. The number of carbonyl (C=O) groups excluding carboxylic acids is 1. The minimum atomic E-state index is -0.181. The van der Waals surface area contributed by atoms with Crippen molar-refractivity contribution >= 4 is 5.97 Å². The van der Waals surface area contributed by atoms with Gasteiger partial charge in [0.1, 0.15) is 0 Å². The summed E-state index contributed by atoms with van der Waals surface area (Å²) in [6.07, 6.45) is 15.5. The first kappa shape index (κ1) is 17.2. The molecule has 18 heavy (non-hydrogen) atoms. The normalized spacial score (nSPS) is 11.0. The number of carbonyl (C=O) groups is 1. The second-order valence-corrected chi connectivity index (χ2v) is 4.83. The Bertz CT molecular complexity index is 209. The highest BCUT2D eigenvalue weighted by Crippen LogP contribution is 2.05. The van der Waals surface area contributed by atoms with Crippen molar-refractivity contribution in [3.05, 3.63) is 12.2 Å². The van der Waals surface area contributed by atoms with Gasteiger partial charge in [-0.15, -0.1) is 0 Å². The van der Waals surface area contributed by atoms with E-state index in [1.165, 1.54) is 44.9 Å². The minimum Gasteiger partial charge on any atom is -0.463 e. The number of ether oxygens (including phenoxy) is 1. The van der Waals surface area contributed by atoms with Crippen LogP contribution in [0.2, 0.25) is 0 Å². The van der Waals surface area contributed by atoms with Gasteiger partial charge in [-0.3, -0.25) is 0 Å². The molecule has 0 aromatic heterocycles. The van der Waals surface area contributed by atoms with E-state index in [4.69, 9.17) is 4.74 Å². The van der Waals surface area contributed by atoms with Crippen LogP contribution in [-0.2, 0) is 9.53 Å². The standard InChI is InChI=1S/C16H30O2/c1-3-5-7-9-10-11-12-14-16(17)18-15-13-8-6-4-2/h12,14H,3-11,13,15H2,1-2H3. The highest BCUT2D eigenvalue weighted by Gasteiger charge is 1.96. The van der Waals surface area contributed by atoms with Crippen LogP contribution in [0.4, 0.5) is 0 Å². The lowest BCUT2D eigenvalue weighted by Crippen LogP contribution is -2.02. The predicted molar refractivity (Wildman–Crippen MR) is 77.6 cm³/mol. The van der Waals surface area contributed by atoms with Gasteiger partial charge in [-0.2, -0.15) is 0 Å². The van der Waals surface area contributed by atoms with Crippen molar-refractivity contribution in [1.29, 1.82) is 0 Å². The lowest BCUT2D eigenvalue weighted by atomic mass is 10.1. The molecular weight excluding hydrogens is 224 g/mol. The van der Waals surface area contributed by atoms with E-state index < -0.39 is 0 Å². The maximum absolute atomic E-state index is 11.3. The molecule has 0 atom stereocenters. The molecule has 0 amide bonds. The van der Waals surface area contributed by atoms with Crippen LogP contribution in [0.1, 0.15) is 78.1 Å². The van der Waals surface area contributed by atoms with Gasteiger partial charge in [-0.1, -0.05) is 64.9 Å². The van der Waals surface area contributed by atoms with Crippen LogP contribution in [0.3, 0.4) is 0 Å². The molecule has 0 fully saturated rings. The van der Waals surface area contributed by atoms with Crippen LogP contribution >= 0.6 is 0 Å². The summed E-state index contributed by atoms with van der Waals surface area (Å²) in [4.78, 5) is 11.3. The third-order valence-corrected chi connectivity index (χ3v) is 2.97. The van der Waals surface area contributed by atoms with Crippen LogP contribution in [0.15, 0.2) is 12.2 Å². The molecule has 0 aliphatic carbocycles. The highest BCUT2D eigenvalue weighted by molar-refractivity contribution is 5.81. The highest BCUT2D eigenvalue weighted by atomic mass is 16.5. The fraction of sp³-hybridized carbons (Fsp3) is 0.812. The maximum atomic E-state index is 11.3. The Morgan fingerprint density at radius 3 is 2.17 bits per heavy atom. The average molecular weight is 254 g/mol. The molecule has 0 aliphatic rings. The van der Waals surface area contributed by atoms with Crippen molar-refractivity contribution in [2.24, 2.45) is 0 Å². The third-order valence-electron chi connectivity index (χ3n) is 2.97. The van der Waals surface area contributed by atoms with Crippen molar-refractivity contribution < 1.29 is 9.53 Å². The SMILES string of the molecule is CCCCCCCC=CC(=O)OCCCCCC. The van der Waals surface area contributed by atoms with Crippen LogP contribution < -0.4 is 0 Å². The summed E-state index contributed by atoms with van der Waals surface area (Å²) < 4.78 is 5.11. The van der Waals surface area contributed by atoms with Crippen LogP contribution in [0, 0.1) is 0 Å². The first-order valence-electron chi connectivity index (χ1n) is 7.64. The molecule has 0 aromatic rings. The van der Waals surface area contributed by atoms with Crippen molar-refractivity contribution in [2.45, 2.75) is 78.1 Å². The van der Waals surface area contributed by atoms with Crippen LogP contribution in [0.5, 0.6) is 0 Å². The topological polar surface area (TPSA) is 26.3 Å². The molecule has 0 N–H and O–H groups in total. The van der Waals surface area contributed by atoms with Crippen LogP contribution in [-0.4, -0.2) is 12.6 Å². The molecule has 0 saturated carbocycles. The molecule has 0 aliphatic heterocycles. The monoisotopic (exact) mass is 254 g/mol. The quantitative estimate of drug-likeness (QED) is 0.277. The zero-order valence-electron chi connectivity index (χ0n) is 12.2. The van der Waals surface area contributed by atoms with E-state index in [0.717, 1.165) is 19.3 Å². The van der Waals surface area contributed by atoms with E-state index in [1.54, 1.807) is 6.08 Å². The molecule has 0 rings (SSSR count). The number of hydrogen-bond donors (Lipinski definition) is 0. The Labute approximate surface area is 113 Å². The molecule has 2 nitrogen and oxygen atoms in total. The van der Waals surface area contributed by atoms with E-state index >= 15 is 0 Å². The Morgan fingerprint density at radius 1 is 0.889 bits per heavy atom. The largest absolute Gasteiger partial charge is 0.463 e. The van der Waals surface area contributed by atoms with Gasteiger partial charge in [0.25, 0.3) is 0 Å². The zero-order chi connectivity index (χ0) is 13.5. The van der Waals surface area contributed by atoms with Gasteiger partial charge in [0.15, 0.2) is 0 Å². The van der Waals surface area contributed by atoms with Gasteiger partial charge >= 0.3 is 5.97 Å². The smallest absolute Gasteiger partial charge is 0.330 e. The molecule has 0 radical (unpaired) electrons. The van der Waals surface area contributed by atoms with E-state index in [9.17, 15) is 4.79 Å². The summed E-state index contributed by atoms with van der Waals surface area (Å²) in [6, 6.07) is 0. The van der Waals surface area contributed by atoms with E-state index in [1.807, 2.05) is 6.08 Å². The van der Waals surface area contributed by atoms with Crippen molar-refractivity contribution in [1.82, 2.24) is 0 Å². The molecule has 2 heteroatoms. The number of allylic oxidation sites excluding steroid dienone is 1. The molecule has 0 bridgehead atoms. The summed E-state index contributed by atoms with van der Waals surface area (Å²) in [5.74, 6) is -0.181. The second-order valence-electron chi connectivity index (χ2n) is 4.83. The number of hydrogen-bond acceptors (Lipinski definition) is 2. The molecular formula is C16H30O2. The van der Waals surface area contributed by atoms with Gasteiger partial charge in [0, 0.05) is 6.08 Å². The lowest BCUT2D eigenvalue weighted by Gasteiger charge is -2.01. The minimum absolute atomic E-state index is 0.181. The Kier molecular flexibility index (Phi) is 13.6. The second kappa shape index (κ2) is 14.3. The maximum Gasteiger partial charge on any atom is 0.330 e. The van der Waals surface area contributed by atoms with Gasteiger partial charge < -0.3 is 4.74 Å². The molecule has 0 saturated heterocycles. The summed E-state index contributed by atoms with van der Waals surface area (Å²) in [6.45, 7) is 4.96. The van der Waals surface area contributed by atoms with Gasteiger partial charge in [-0.25, -0.2) is 4.79 Å². The Morgan fingerprint density at radius 2 is 1.50 bits per heavy atom. The zero-order valence-corrected chi connectivity index (χ0v) is 12.2. The fourth-order valence-electron chi connectivity index (χ4n) is 1.80. The van der Waals surface area contributed by atoms with Crippen molar-refractivity contribution in [2.75, 3.05) is 6.61 Å². The van der Waals surface area contributed by atoms with Crippen molar-refractivity contribution in [3.8, 4) is 0 Å². The predicted octanol–water partition coefficient (Wildman–Crippen LogP) is 5.03. The van der Waals surface area contributed by atoms with E-state index in [-0.39, 0.29) is 5.97 Å². The summed E-state index contributed by atoms with van der Waals surface area (Å²) in [5.41, 5.74) is 0. The summed E-state index contributed by atoms with van der Waals surface area (Å²) >= 11 is 0. The number of esters is 1. The first-order chi connectivity index (χ1) is 8.81. The van der Waals surface area contributed by atoms with Crippen LogP contribution in [0.25, 0.3) is 0 Å². The summed E-state index contributed by atoms with van der Waals surface area (Å²) in [7, 11) is 0. The Hall–Kier alpha value is -0.790. The molecule has 0 unspecified atom stereocenters. The Balaban J connectivity index is 3.28. The van der Waals surface area contributed by atoms with Gasteiger partial charge in [0.05, 0.1) is 6.61 Å². The third kappa shape index (κ3) is 13.3. The lowest BCUT2D eigenvalue weighted by molar-refractivity contribution is -0.137. The molecule has 106 valence electrons. The van der Waals surface area contributed by atoms with E-state index in [0.29, 0.717) is 6.61 Å². The van der Waals surface area contributed by atoms with Gasteiger partial charge in [-0.05, 0) is 19.3 Å². The average Bonchev–Trinajstić information content (AvgIpc) is 2.37. The fourth-order valence-corrected chi connectivity index (χ4v) is 1.80. The molecule has 0 aromatic carbocycles. The molecule has 0 heterocycles. The molecule has 0 spiro atoms.